The fourth-order valence-electron chi connectivity index (χ4n) is 4.80. The summed E-state index contributed by atoms with van der Waals surface area (Å²) in [5, 5.41) is 8.21. The van der Waals surface area contributed by atoms with Crippen molar-refractivity contribution in [3.05, 3.63) is 48.2 Å². The maximum Gasteiger partial charge on any atom is 0.417 e. The number of benzene rings is 1. The van der Waals surface area contributed by atoms with Crippen molar-refractivity contribution in [2.24, 2.45) is 5.14 Å². The maximum atomic E-state index is 13.0. The summed E-state index contributed by atoms with van der Waals surface area (Å²) in [5.41, 5.74) is -1.33. The molecule has 4 rings (SSSR count). The molecule has 2 fully saturated rings. The summed E-state index contributed by atoms with van der Waals surface area (Å²) in [7, 11) is -3.76. The van der Waals surface area contributed by atoms with Crippen LogP contribution in [0.15, 0.2) is 47.5 Å². The van der Waals surface area contributed by atoms with Crippen LogP contribution in [0.2, 0.25) is 0 Å². The van der Waals surface area contributed by atoms with Crippen LogP contribution >= 0.6 is 0 Å². The Morgan fingerprint density at radius 2 is 1.69 bits per heavy atom. The molecule has 0 radical (unpaired) electrons. The van der Waals surface area contributed by atoms with Gasteiger partial charge >= 0.3 is 6.18 Å². The van der Waals surface area contributed by atoms with Crippen molar-refractivity contribution in [3.63, 3.8) is 0 Å². The largest absolute Gasteiger partial charge is 0.462 e. The predicted molar refractivity (Wildman–Crippen MR) is 122 cm³/mol. The lowest BCUT2D eigenvalue weighted by atomic mass is 9.95. The van der Waals surface area contributed by atoms with Gasteiger partial charge in [0.15, 0.2) is 5.60 Å². The minimum absolute atomic E-state index is 0.0560. The zero-order valence-electron chi connectivity index (χ0n) is 19.2. The fraction of sp³-hybridized carbons (Fsp3) is 0.478. The molecule has 1 amide bonds. The molecule has 3 heterocycles. The Kier molecular flexibility index (Phi) is 6.47. The highest BCUT2D eigenvalue weighted by Crippen LogP contribution is 2.39. The van der Waals surface area contributed by atoms with Crippen molar-refractivity contribution >= 4 is 21.6 Å². The summed E-state index contributed by atoms with van der Waals surface area (Å²) in [6.45, 7) is 3.08. The Balaban J connectivity index is 1.38. The molecule has 35 heavy (non-hydrogen) atoms. The number of carbonyl (C=O) groups is 1. The number of rotatable bonds is 6. The number of hydrogen-bond acceptors (Lipinski definition) is 6. The molecule has 3 N–H and O–H groups in total. The second-order valence-electron chi connectivity index (χ2n) is 9.47. The number of pyridine rings is 1. The molecule has 2 bridgehead atoms. The second-order valence-corrected chi connectivity index (χ2v) is 11.0. The average Bonchev–Trinajstić information content (AvgIpc) is 3.03. The predicted octanol–water partition coefficient (Wildman–Crippen LogP) is 3.22. The summed E-state index contributed by atoms with van der Waals surface area (Å²) in [6.07, 6.45) is -0.530. The van der Waals surface area contributed by atoms with E-state index < -0.39 is 27.4 Å². The van der Waals surface area contributed by atoms with Crippen molar-refractivity contribution in [3.8, 4) is 5.88 Å². The van der Waals surface area contributed by atoms with E-state index in [1.807, 2.05) is 0 Å². The van der Waals surface area contributed by atoms with Crippen LogP contribution in [-0.2, 0) is 21.0 Å². The first-order valence-corrected chi connectivity index (χ1v) is 12.7. The molecular weight excluding hydrogens is 485 g/mol. The van der Waals surface area contributed by atoms with Crippen molar-refractivity contribution in [1.82, 2.24) is 10.3 Å². The maximum absolute atomic E-state index is 13.0. The highest BCUT2D eigenvalue weighted by atomic mass is 32.2. The number of sulfonamides is 1. The van der Waals surface area contributed by atoms with Crippen molar-refractivity contribution in [2.75, 3.05) is 4.90 Å². The Labute approximate surface area is 201 Å². The van der Waals surface area contributed by atoms with E-state index in [-0.39, 0.29) is 34.8 Å². The van der Waals surface area contributed by atoms with Crippen LogP contribution in [0.25, 0.3) is 0 Å². The lowest BCUT2D eigenvalue weighted by Gasteiger charge is -2.41. The van der Waals surface area contributed by atoms with E-state index in [2.05, 4.69) is 15.2 Å². The Morgan fingerprint density at radius 3 is 2.17 bits per heavy atom. The third kappa shape index (κ3) is 5.53. The molecule has 8 nitrogen and oxygen atoms in total. The first-order chi connectivity index (χ1) is 16.2. The van der Waals surface area contributed by atoms with E-state index in [4.69, 9.17) is 9.88 Å². The van der Waals surface area contributed by atoms with E-state index in [1.165, 1.54) is 12.1 Å². The number of fused-ring (bicyclic) bond motifs is 2. The van der Waals surface area contributed by atoms with Gasteiger partial charge in [-0.2, -0.15) is 13.2 Å². The van der Waals surface area contributed by atoms with Crippen LogP contribution in [0, 0.1) is 0 Å². The number of aromatic nitrogens is 1. The Bertz CT molecular complexity index is 1170. The number of primary sulfonamides is 1. The van der Waals surface area contributed by atoms with E-state index in [0.717, 1.165) is 30.7 Å². The van der Waals surface area contributed by atoms with Gasteiger partial charge in [-0.1, -0.05) is 0 Å². The van der Waals surface area contributed by atoms with Gasteiger partial charge in [0.1, 0.15) is 0 Å². The number of ether oxygens (including phenoxy) is 1. The van der Waals surface area contributed by atoms with Gasteiger partial charge in [0.2, 0.25) is 15.9 Å². The van der Waals surface area contributed by atoms with Crippen LogP contribution < -0.4 is 20.1 Å². The second kappa shape index (κ2) is 8.98. The average molecular weight is 513 g/mol. The summed E-state index contributed by atoms with van der Waals surface area (Å²) in [5.74, 6) is -0.453. The monoisotopic (exact) mass is 512 g/mol. The summed E-state index contributed by atoms with van der Waals surface area (Å²) in [4.78, 5) is 19.0. The SMILES string of the molecule is CC(C)(Oc1ccc(C(F)(F)F)cn1)C(=O)N[C@H]1C[C@H]2CC[C@@H](C1)N2c1ccc(S(N)(=O)=O)cc1. The van der Waals surface area contributed by atoms with Gasteiger partial charge in [-0.15, -0.1) is 0 Å². The van der Waals surface area contributed by atoms with Crippen molar-refractivity contribution in [2.45, 2.75) is 74.3 Å². The smallest absolute Gasteiger partial charge is 0.417 e. The lowest BCUT2D eigenvalue weighted by molar-refractivity contribution is -0.138. The number of halogens is 3. The molecule has 2 saturated heterocycles. The van der Waals surface area contributed by atoms with Gasteiger partial charge in [0, 0.05) is 36.1 Å². The van der Waals surface area contributed by atoms with E-state index in [0.29, 0.717) is 19.0 Å². The summed E-state index contributed by atoms with van der Waals surface area (Å²) < 4.78 is 66.9. The van der Waals surface area contributed by atoms with Gasteiger partial charge in [-0.3, -0.25) is 4.79 Å². The number of anilines is 1. The van der Waals surface area contributed by atoms with Crippen LogP contribution in [-0.4, -0.2) is 43.0 Å². The van der Waals surface area contributed by atoms with Gasteiger partial charge in [-0.25, -0.2) is 18.5 Å². The molecule has 0 unspecified atom stereocenters. The van der Waals surface area contributed by atoms with Crippen LogP contribution in [0.3, 0.4) is 0 Å². The quantitative estimate of drug-likeness (QED) is 0.614. The van der Waals surface area contributed by atoms with Gasteiger partial charge < -0.3 is 15.0 Å². The number of amides is 1. The Morgan fingerprint density at radius 1 is 1.09 bits per heavy atom. The molecule has 0 spiro atoms. The number of nitrogens with two attached hydrogens (primary N) is 1. The van der Waals surface area contributed by atoms with Crippen molar-refractivity contribution in [1.29, 1.82) is 0 Å². The molecule has 2 aliphatic heterocycles. The van der Waals surface area contributed by atoms with Gasteiger partial charge in [0.05, 0.1) is 10.5 Å². The molecule has 2 aliphatic rings. The molecule has 3 atom stereocenters. The topological polar surface area (TPSA) is 115 Å². The zero-order valence-corrected chi connectivity index (χ0v) is 20.1. The lowest BCUT2D eigenvalue weighted by Crippen LogP contribution is -2.55. The highest BCUT2D eigenvalue weighted by Gasteiger charge is 2.43. The first-order valence-electron chi connectivity index (χ1n) is 11.2. The number of hydrogen-bond donors (Lipinski definition) is 2. The normalized spacial score (nSPS) is 22.7. The minimum Gasteiger partial charge on any atom is -0.462 e. The van der Waals surface area contributed by atoms with Gasteiger partial charge in [-0.05, 0) is 69.9 Å². The third-order valence-electron chi connectivity index (χ3n) is 6.50. The molecular formula is C23H27F3N4O4S. The van der Waals surface area contributed by atoms with Crippen LogP contribution in [0.5, 0.6) is 5.88 Å². The molecule has 1 aromatic heterocycles. The molecule has 1 aromatic carbocycles. The molecule has 12 heteroatoms. The molecule has 0 saturated carbocycles. The van der Waals surface area contributed by atoms with E-state index in [9.17, 15) is 26.4 Å². The highest BCUT2D eigenvalue weighted by molar-refractivity contribution is 7.89. The van der Waals surface area contributed by atoms with Gasteiger partial charge in [0.25, 0.3) is 5.91 Å². The number of piperidine rings is 1. The summed E-state index contributed by atoms with van der Waals surface area (Å²) >= 11 is 0. The molecule has 0 aliphatic carbocycles. The summed E-state index contributed by atoms with van der Waals surface area (Å²) in [6, 6.07) is 8.70. The van der Waals surface area contributed by atoms with Crippen LogP contribution in [0.4, 0.5) is 18.9 Å². The number of nitrogens with one attached hydrogen (secondary N) is 1. The fourth-order valence-corrected chi connectivity index (χ4v) is 5.32. The molecule has 2 aromatic rings. The minimum atomic E-state index is -4.50. The molecule has 190 valence electrons. The third-order valence-corrected chi connectivity index (χ3v) is 7.43. The van der Waals surface area contributed by atoms with E-state index >= 15 is 0 Å². The number of nitrogens with zero attached hydrogens (tertiary/aromatic N) is 2. The Hall–Kier alpha value is -2.86. The first kappa shape index (κ1) is 25.2. The van der Waals surface area contributed by atoms with Crippen molar-refractivity contribution < 1.29 is 31.1 Å². The number of alkyl halides is 3. The standard InChI is InChI=1S/C23H27F3N4O4S/c1-22(2,34-20-10-3-14(13-28-20)23(24,25)26)21(31)29-15-11-17-4-5-18(12-15)30(17)16-6-8-19(9-7-16)35(27,32)33/h3,6-10,13,15,17-18H,4-5,11-12H2,1-2H3,(H,29,31)(H2,27,32,33)/t15-,17+,18-. The number of carbonyl (C=O) groups excluding carboxylic acids is 1. The zero-order chi connectivity index (χ0) is 25.6. The van der Waals surface area contributed by atoms with E-state index in [1.54, 1.807) is 26.0 Å². The van der Waals surface area contributed by atoms with Crippen LogP contribution in [0.1, 0.15) is 45.1 Å².